The van der Waals surface area contributed by atoms with Crippen molar-refractivity contribution >= 4 is 44.8 Å². The van der Waals surface area contributed by atoms with Crippen LogP contribution in [0.4, 0.5) is 22.0 Å². The standard InChI is InChI=1S/C23H19F5N6O5S2/c1-32-18(36)14-9(6-40-19(14)33(2)22(32)38)5-13(35)31-21-34(8-39-20(37)17(29)30)12(7-41-21)10-3-4-11(24)15(16(10)25)23(26,27)28/h3-4,6-7,17H,5,8,29-30H2,1-2H3/b31-21-. The van der Waals surface area contributed by atoms with Crippen molar-refractivity contribution in [3.8, 4) is 11.3 Å². The summed E-state index contributed by atoms with van der Waals surface area (Å²) in [7, 11) is 2.74. The van der Waals surface area contributed by atoms with Gasteiger partial charge in [-0.25, -0.2) is 18.4 Å². The molecule has 18 heteroatoms. The lowest BCUT2D eigenvalue weighted by atomic mass is 10.1. The molecule has 4 N–H and O–H groups in total. The number of thiazole rings is 1. The van der Waals surface area contributed by atoms with Crippen LogP contribution < -0.4 is 27.5 Å². The van der Waals surface area contributed by atoms with Gasteiger partial charge < -0.3 is 16.2 Å². The van der Waals surface area contributed by atoms with Crippen LogP contribution in [-0.4, -0.2) is 31.7 Å². The van der Waals surface area contributed by atoms with Crippen molar-refractivity contribution < 1.29 is 36.3 Å². The summed E-state index contributed by atoms with van der Waals surface area (Å²) in [5, 5.41) is 2.76. The number of hydrogen-bond donors (Lipinski definition) is 2. The van der Waals surface area contributed by atoms with Crippen molar-refractivity contribution in [2.75, 3.05) is 0 Å². The highest BCUT2D eigenvalue weighted by atomic mass is 32.1. The minimum absolute atomic E-state index is 0.127. The van der Waals surface area contributed by atoms with Gasteiger partial charge in [0.2, 0.25) is 0 Å². The van der Waals surface area contributed by atoms with Gasteiger partial charge >= 0.3 is 17.8 Å². The smallest absolute Gasteiger partial charge is 0.422 e. The molecule has 3 aromatic heterocycles. The van der Waals surface area contributed by atoms with Crippen LogP contribution in [0.5, 0.6) is 0 Å². The summed E-state index contributed by atoms with van der Waals surface area (Å²) in [5.41, 5.74) is 6.41. The second-order valence-corrected chi connectivity index (χ2v) is 10.3. The van der Waals surface area contributed by atoms with E-state index >= 15 is 0 Å². The summed E-state index contributed by atoms with van der Waals surface area (Å²) in [6.45, 7) is -0.795. The third-order valence-corrected chi connectivity index (χ3v) is 7.83. The summed E-state index contributed by atoms with van der Waals surface area (Å²) in [5.74, 6) is -5.74. The molecule has 11 nitrogen and oxygen atoms in total. The minimum Gasteiger partial charge on any atom is -0.442 e. The number of alkyl halides is 3. The van der Waals surface area contributed by atoms with Gasteiger partial charge in [0, 0.05) is 25.0 Å². The predicted molar refractivity (Wildman–Crippen MR) is 137 cm³/mol. The van der Waals surface area contributed by atoms with Crippen molar-refractivity contribution in [3.63, 3.8) is 0 Å². The monoisotopic (exact) mass is 618 g/mol. The Labute approximate surface area is 233 Å². The van der Waals surface area contributed by atoms with Crippen LogP contribution in [0.25, 0.3) is 21.5 Å². The topological polar surface area (TPSA) is 157 Å². The number of esters is 1. The number of carbonyl (C=O) groups excluding carboxylic acids is 2. The SMILES string of the molecule is Cn1c(=O)c2c(CC(=O)/N=c3\scc(-c4ccc(F)c(C(F)(F)F)c4F)n3COC(=O)C(N)N)csc2n(C)c1=O. The van der Waals surface area contributed by atoms with Crippen molar-refractivity contribution in [2.24, 2.45) is 30.6 Å². The number of carbonyl (C=O) groups is 2. The first-order valence-corrected chi connectivity index (χ1v) is 13.0. The Kier molecular flexibility index (Phi) is 8.12. The molecule has 41 heavy (non-hydrogen) atoms. The van der Waals surface area contributed by atoms with E-state index in [0.717, 1.165) is 31.9 Å². The van der Waals surface area contributed by atoms with Crippen molar-refractivity contribution in [1.82, 2.24) is 13.7 Å². The highest BCUT2D eigenvalue weighted by Gasteiger charge is 2.39. The van der Waals surface area contributed by atoms with Crippen LogP contribution in [0.15, 0.2) is 37.5 Å². The van der Waals surface area contributed by atoms with E-state index in [1.807, 2.05) is 0 Å². The van der Waals surface area contributed by atoms with E-state index < -0.39 is 71.4 Å². The van der Waals surface area contributed by atoms with E-state index in [0.29, 0.717) is 22.2 Å². The lowest BCUT2D eigenvalue weighted by Crippen LogP contribution is -2.41. The number of ether oxygens (including phenoxy) is 1. The number of aromatic nitrogens is 3. The fraction of sp³-hybridized carbons (Fsp3) is 0.261. The molecule has 0 saturated heterocycles. The largest absolute Gasteiger partial charge is 0.442 e. The molecule has 0 spiro atoms. The zero-order valence-electron chi connectivity index (χ0n) is 21.0. The van der Waals surface area contributed by atoms with E-state index in [-0.39, 0.29) is 21.4 Å². The molecule has 0 aliphatic heterocycles. The molecule has 1 amide bonds. The number of thiophene rings is 1. The Balaban J connectivity index is 1.81. The Morgan fingerprint density at radius 1 is 1.07 bits per heavy atom. The van der Waals surface area contributed by atoms with E-state index in [4.69, 9.17) is 16.2 Å². The number of benzene rings is 1. The van der Waals surface area contributed by atoms with E-state index in [1.165, 1.54) is 24.0 Å². The highest BCUT2D eigenvalue weighted by molar-refractivity contribution is 7.17. The molecule has 4 rings (SSSR count). The fourth-order valence-corrected chi connectivity index (χ4v) is 5.79. The molecular weight excluding hydrogens is 599 g/mol. The highest BCUT2D eigenvalue weighted by Crippen LogP contribution is 2.37. The normalized spacial score (nSPS) is 12.5. The third-order valence-electron chi connectivity index (χ3n) is 5.86. The number of rotatable bonds is 6. The quantitative estimate of drug-likeness (QED) is 0.189. The second kappa shape index (κ2) is 11.1. The first-order chi connectivity index (χ1) is 19.1. The average molecular weight is 619 g/mol. The minimum atomic E-state index is -5.36. The molecule has 0 radical (unpaired) electrons. The fourth-order valence-electron chi connectivity index (χ4n) is 3.86. The zero-order chi connectivity index (χ0) is 30.4. The van der Waals surface area contributed by atoms with Crippen LogP contribution >= 0.6 is 22.7 Å². The molecule has 0 bridgehead atoms. The van der Waals surface area contributed by atoms with Crippen LogP contribution in [0.3, 0.4) is 0 Å². The Morgan fingerprint density at radius 3 is 2.39 bits per heavy atom. The lowest BCUT2D eigenvalue weighted by Gasteiger charge is -2.15. The van der Waals surface area contributed by atoms with E-state index in [9.17, 15) is 41.1 Å². The molecular formula is C23H19F5N6O5S2. The van der Waals surface area contributed by atoms with Gasteiger partial charge in [-0.3, -0.25) is 23.3 Å². The van der Waals surface area contributed by atoms with Crippen LogP contribution in [0.2, 0.25) is 0 Å². The summed E-state index contributed by atoms with van der Waals surface area (Å²) < 4.78 is 76.8. The van der Waals surface area contributed by atoms with Crippen LogP contribution in [0, 0.1) is 11.6 Å². The molecule has 1 aromatic carbocycles. The maximum Gasteiger partial charge on any atom is 0.422 e. The number of halogens is 5. The van der Waals surface area contributed by atoms with E-state index in [1.54, 1.807) is 0 Å². The van der Waals surface area contributed by atoms with Crippen molar-refractivity contribution in [1.29, 1.82) is 0 Å². The summed E-state index contributed by atoms with van der Waals surface area (Å²) in [6.07, 6.45) is -7.36. The van der Waals surface area contributed by atoms with Gasteiger partial charge in [0.25, 0.3) is 11.5 Å². The molecule has 0 atom stereocenters. The molecule has 4 aromatic rings. The zero-order valence-corrected chi connectivity index (χ0v) is 22.6. The van der Waals surface area contributed by atoms with Gasteiger partial charge in [0.05, 0.1) is 17.5 Å². The average Bonchev–Trinajstić information content (AvgIpc) is 3.48. The van der Waals surface area contributed by atoms with Crippen LogP contribution in [-0.2, 0) is 47.7 Å². The summed E-state index contributed by atoms with van der Waals surface area (Å²) in [6, 6.07) is 1.17. The maximum absolute atomic E-state index is 15.0. The molecule has 0 unspecified atom stereocenters. The van der Waals surface area contributed by atoms with Gasteiger partial charge in [0.1, 0.15) is 22.0 Å². The third kappa shape index (κ3) is 5.63. The van der Waals surface area contributed by atoms with Gasteiger partial charge in [0.15, 0.2) is 17.7 Å². The number of nitrogens with two attached hydrogens (primary N) is 2. The van der Waals surface area contributed by atoms with E-state index in [2.05, 4.69) is 4.99 Å². The van der Waals surface area contributed by atoms with Crippen LogP contribution in [0.1, 0.15) is 11.1 Å². The molecule has 3 heterocycles. The summed E-state index contributed by atoms with van der Waals surface area (Å²) in [4.78, 5) is 53.7. The van der Waals surface area contributed by atoms with Gasteiger partial charge in [-0.2, -0.15) is 18.2 Å². The summed E-state index contributed by atoms with van der Waals surface area (Å²) >= 11 is 1.74. The van der Waals surface area contributed by atoms with Crippen molar-refractivity contribution in [3.05, 3.63) is 71.3 Å². The molecule has 218 valence electrons. The molecule has 0 aliphatic rings. The Morgan fingerprint density at radius 2 is 1.76 bits per heavy atom. The second-order valence-electron chi connectivity index (χ2n) is 8.56. The Hall–Kier alpha value is -4.00. The number of fused-ring (bicyclic) bond motifs is 1. The molecule has 0 fully saturated rings. The number of nitrogens with zero attached hydrogens (tertiary/aromatic N) is 4. The number of aryl methyl sites for hydroxylation is 1. The number of hydrogen-bond acceptors (Lipinski definition) is 9. The van der Waals surface area contributed by atoms with Crippen molar-refractivity contribution in [2.45, 2.75) is 25.5 Å². The Bertz CT molecular complexity index is 1880. The predicted octanol–water partition coefficient (Wildman–Crippen LogP) is 1.54. The molecule has 0 saturated carbocycles. The first kappa shape index (κ1) is 30.0. The first-order valence-electron chi connectivity index (χ1n) is 11.3. The lowest BCUT2D eigenvalue weighted by molar-refractivity contribution is -0.149. The van der Waals surface area contributed by atoms with Gasteiger partial charge in [-0.1, -0.05) is 0 Å². The maximum atomic E-state index is 15.0. The van der Waals surface area contributed by atoms with Gasteiger partial charge in [-0.05, 0) is 23.1 Å². The van der Waals surface area contributed by atoms with Gasteiger partial charge in [-0.15, -0.1) is 22.7 Å². The molecule has 0 aliphatic carbocycles. The number of amides is 1.